The summed E-state index contributed by atoms with van der Waals surface area (Å²) in [6.45, 7) is 0. The van der Waals surface area contributed by atoms with Crippen molar-refractivity contribution in [3.05, 3.63) is 35.9 Å². The summed E-state index contributed by atoms with van der Waals surface area (Å²) in [6.07, 6.45) is 4.49. The standard InChI is InChI=1S/C14H17NO2S/c16-14-15(12-8-4-5-9-13(12)17-14)18-10-11-6-2-1-3-7-11/h1-3,6-7,12-13H,4-5,8-10H2/t12-,13+/m0/s1. The van der Waals surface area contributed by atoms with Crippen LogP contribution in [0, 0.1) is 0 Å². The predicted molar refractivity (Wildman–Crippen MR) is 72.1 cm³/mol. The third-order valence-electron chi connectivity index (χ3n) is 3.61. The van der Waals surface area contributed by atoms with E-state index in [1.165, 1.54) is 18.4 Å². The van der Waals surface area contributed by atoms with Gasteiger partial charge in [0.05, 0.1) is 6.04 Å². The van der Waals surface area contributed by atoms with Crippen LogP contribution in [0.2, 0.25) is 0 Å². The van der Waals surface area contributed by atoms with Crippen LogP contribution in [-0.2, 0) is 10.5 Å². The van der Waals surface area contributed by atoms with Gasteiger partial charge >= 0.3 is 6.09 Å². The first kappa shape index (κ1) is 11.9. The van der Waals surface area contributed by atoms with Gasteiger partial charge in [0.1, 0.15) is 6.10 Å². The highest BCUT2D eigenvalue weighted by Crippen LogP contribution is 2.36. The normalized spacial score (nSPS) is 26.9. The summed E-state index contributed by atoms with van der Waals surface area (Å²) >= 11 is 1.59. The molecule has 0 unspecified atom stereocenters. The van der Waals surface area contributed by atoms with Crippen LogP contribution in [0.5, 0.6) is 0 Å². The molecular weight excluding hydrogens is 246 g/mol. The lowest BCUT2D eigenvalue weighted by Gasteiger charge is -2.26. The van der Waals surface area contributed by atoms with Gasteiger partial charge in [-0.05, 0) is 36.8 Å². The fourth-order valence-electron chi connectivity index (χ4n) is 2.67. The van der Waals surface area contributed by atoms with E-state index in [2.05, 4.69) is 12.1 Å². The Labute approximate surface area is 112 Å². The van der Waals surface area contributed by atoms with Crippen LogP contribution >= 0.6 is 11.9 Å². The van der Waals surface area contributed by atoms with Crippen LogP contribution in [0.15, 0.2) is 30.3 Å². The molecule has 3 nitrogen and oxygen atoms in total. The molecule has 0 radical (unpaired) electrons. The van der Waals surface area contributed by atoms with Crippen molar-refractivity contribution in [3.63, 3.8) is 0 Å². The smallest absolute Gasteiger partial charge is 0.420 e. The largest absolute Gasteiger partial charge is 0.443 e. The van der Waals surface area contributed by atoms with Crippen LogP contribution < -0.4 is 0 Å². The van der Waals surface area contributed by atoms with E-state index in [0.717, 1.165) is 18.6 Å². The first-order valence-corrected chi connectivity index (χ1v) is 7.45. The molecule has 3 rings (SSSR count). The second kappa shape index (κ2) is 5.22. The number of fused-ring (bicyclic) bond motifs is 1. The summed E-state index contributed by atoms with van der Waals surface area (Å²) in [4.78, 5) is 11.8. The SMILES string of the molecule is O=C1O[C@@H]2CCCC[C@@H]2N1SCc1ccccc1. The van der Waals surface area contributed by atoms with Crippen LogP contribution in [0.4, 0.5) is 4.79 Å². The zero-order chi connectivity index (χ0) is 12.4. The van der Waals surface area contributed by atoms with E-state index in [1.54, 1.807) is 11.9 Å². The van der Waals surface area contributed by atoms with Gasteiger partial charge in [-0.25, -0.2) is 9.10 Å². The Morgan fingerprint density at radius 2 is 2.00 bits per heavy atom. The Morgan fingerprint density at radius 3 is 2.83 bits per heavy atom. The monoisotopic (exact) mass is 263 g/mol. The molecule has 1 aromatic rings. The van der Waals surface area contributed by atoms with Crippen molar-refractivity contribution in [2.24, 2.45) is 0 Å². The van der Waals surface area contributed by atoms with E-state index in [1.807, 2.05) is 22.5 Å². The summed E-state index contributed by atoms with van der Waals surface area (Å²) in [5, 5.41) is 0. The second-order valence-electron chi connectivity index (χ2n) is 4.86. The van der Waals surface area contributed by atoms with Gasteiger partial charge in [-0.2, -0.15) is 0 Å². The molecule has 0 aromatic heterocycles. The van der Waals surface area contributed by atoms with Gasteiger partial charge in [0.2, 0.25) is 0 Å². The molecule has 0 bridgehead atoms. The number of hydrogen-bond donors (Lipinski definition) is 0. The molecule has 2 fully saturated rings. The number of benzene rings is 1. The van der Waals surface area contributed by atoms with E-state index < -0.39 is 0 Å². The van der Waals surface area contributed by atoms with Crippen LogP contribution in [0.3, 0.4) is 0 Å². The molecule has 96 valence electrons. The average molecular weight is 263 g/mol. The van der Waals surface area contributed by atoms with Gasteiger partial charge in [0.15, 0.2) is 0 Å². The molecule has 0 N–H and O–H groups in total. The maximum absolute atomic E-state index is 11.8. The molecule has 1 aliphatic carbocycles. The van der Waals surface area contributed by atoms with Crippen LogP contribution in [0.1, 0.15) is 31.2 Å². The molecule has 18 heavy (non-hydrogen) atoms. The maximum Gasteiger partial charge on any atom is 0.420 e. The highest BCUT2D eigenvalue weighted by Gasteiger charge is 2.43. The summed E-state index contributed by atoms with van der Waals surface area (Å²) in [6, 6.07) is 10.5. The predicted octanol–water partition coefficient (Wildman–Crippen LogP) is 3.60. The summed E-state index contributed by atoms with van der Waals surface area (Å²) in [5.41, 5.74) is 1.24. The first-order valence-electron chi connectivity index (χ1n) is 6.51. The molecule has 2 aliphatic rings. The zero-order valence-corrected chi connectivity index (χ0v) is 11.1. The molecule has 1 heterocycles. The highest BCUT2D eigenvalue weighted by molar-refractivity contribution is 7.96. The van der Waals surface area contributed by atoms with Gasteiger partial charge in [0, 0.05) is 5.75 Å². The van der Waals surface area contributed by atoms with Crippen molar-refractivity contribution in [2.75, 3.05) is 0 Å². The number of amides is 1. The Kier molecular flexibility index (Phi) is 3.46. The average Bonchev–Trinajstić information content (AvgIpc) is 2.73. The van der Waals surface area contributed by atoms with Crippen LogP contribution in [-0.4, -0.2) is 22.5 Å². The van der Waals surface area contributed by atoms with Crippen molar-refractivity contribution in [3.8, 4) is 0 Å². The summed E-state index contributed by atoms with van der Waals surface area (Å²) < 4.78 is 7.29. The Morgan fingerprint density at radius 1 is 1.22 bits per heavy atom. The molecule has 1 aromatic carbocycles. The van der Waals surface area contributed by atoms with Crippen molar-refractivity contribution in [1.82, 2.24) is 4.31 Å². The molecule has 1 aliphatic heterocycles. The lowest BCUT2D eigenvalue weighted by molar-refractivity contribution is 0.113. The number of nitrogens with zero attached hydrogens (tertiary/aromatic N) is 1. The van der Waals surface area contributed by atoms with Crippen molar-refractivity contribution >= 4 is 18.0 Å². The Bertz CT molecular complexity index is 423. The van der Waals surface area contributed by atoms with Gasteiger partial charge < -0.3 is 4.74 Å². The number of rotatable bonds is 3. The molecule has 1 saturated carbocycles. The lowest BCUT2D eigenvalue weighted by Crippen LogP contribution is -2.34. The van der Waals surface area contributed by atoms with Gasteiger partial charge in [-0.3, -0.25) is 0 Å². The number of ether oxygens (including phenoxy) is 1. The van der Waals surface area contributed by atoms with Crippen molar-refractivity contribution < 1.29 is 9.53 Å². The third kappa shape index (κ3) is 2.34. The van der Waals surface area contributed by atoms with E-state index in [9.17, 15) is 4.79 Å². The first-order chi connectivity index (χ1) is 8.84. The fraction of sp³-hybridized carbons (Fsp3) is 0.500. The number of carbonyl (C=O) groups excluding carboxylic acids is 1. The molecular formula is C14H17NO2S. The quantitative estimate of drug-likeness (QED) is 0.780. The lowest BCUT2D eigenvalue weighted by atomic mass is 9.93. The van der Waals surface area contributed by atoms with Gasteiger partial charge in [0.25, 0.3) is 0 Å². The van der Waals surface area contributed by atoms with E-state index in [-0.39, 0.29) is 12.2 Å². The van der Waals surface area contributed by atoms with Crippen molar-refractivity contribution in [1.29, 1.82) is 0 Å². The summed E-state index contributed by atoms with van der Waals surface area (Å²) in [5.74, 6) is 0.832. The van der Waals surface area contributed by atoms with E-state index in [0.29, 0.717) is 6.04 Å². The molecule has 1 saturated heterocycles. The highest BCUT2D eigenvalue weighted by atomic mass is 32.2. The van der Waals surface area contributed by atoms with Crippen LogP contribution in [0.25, 0.3) is 0 Å². The van der Waals surface area contributed by atoms with Gasteiger partial charge in [-0.1, -0.05) is 36.8 Å². The number of hydrogen-bond acceptors (Lipinski definition) is 3. The molecule has 2 atom stereocenters. The topological polar surface area (TPSA) is 29.5 Å². The zero-order valence-electron chi connectivity index (χ0n) is 10.2. The minimum atomic E-state index is -0.146. The second-order valence-corrected chi connectivity index (χ2v) is 5.80. The maximum atomic E-state index is 11.8. The minimum absolute atomic E-state index is 0.134. The molecule has 0 spiro atoms. The summed E-state index contributed by atoms with van der Waals surface area (Å²) in [7, 11) is 0. The molecule has 4 heteroatoms. The van der Waals surface area contributed by atoms with E-state index in [4.69, 9.17) is 4.74 Å². The third-order valence-corrected chi connectivity index (χ3v) is 4.77. The minimum Gasteiger partial charge on any atom is -0.443 e. The molecule has 1 amide bonds. The Balaban J connectivity index is 1.63. The van der Waals surface area contributed by atoms with Crippen molar-refractivity contribution in [2.45, 2.75) is 43.6 Å². The number of carbonyl (C=O) groups is 1. The van der Waals surface area contributed by atoms with Gasteiger partial charge in [-0.15, -0.1) is 0 Å². The fourth-order valence-corrected chi connectivity index (χ4v) is 3.73. The van der Waals surface area contributed by atoms with E-state index >= 15 is 0 Å². The Hall–Kier alpha value is -1.16.